The molecule has 0 fully saturated rings. The highest BCUT2D eigenvalue weighted by Crippen LogP contribution is 2.39. The minimum absolute atomic E-state index is 0.245. The molecule has 3 aromatic rings. The largest absolute Gasteiger partial charge is 0.496 e. The number of halogens is 1. The van der Waals surface area contributed by atoms with Gasteiger partial charge in [0.05, 0.1) is 23.7 Å². The van der Waals surface area contributed by atoms with Crippen molar-refractivity contribution in [3.05, 3.63) is 58.7 Å². The van der Waals surface area contributed by atoms with Crippen LogP contribution in [0.25, 0.3) is 10.9 Å². The van der Waals surface area contributed by atoms with Crippen molar-refractivity contribution in [1.29, 1.82) is 0 Å². The lowest BCUT2D eigenvalue weighted by atomic mass is 10.2. The van der Waals surface area contributed by atoms with E-state index in [1.165, 1.54) is 18.6 Å². The summed E-state index contributed by atoms with van der Waals surface area (Å²) < 4.78 is 12.3. The number of hydrogen-bond donors (Lipinski definition) is 0. The zero-order chi connectivity index (χ0) is 18.1. The molecule has 0 aliphatic heterocycles. The number of aromatic nitrogens is 1. The van der Waals surface area contributed by atoms with Gasteiger partial charge in [0.2, 0.25) is 0 Å². The average Bonchev–Trinajstić information content (AvgIpc) is 2.86. The number of ether oxygens (including phenoxy) is 2. The number of esters is 1. The molecule has 0 saturated heterocycles. The zero-order valence-corrected chi connectivity index (χ0v) is 14.8. The van der Waals surface area contributed by atoms with Gasteiger partial charge in [0.1, 0.15) is 5.75 Å². The van der Waals surface area contributed by atoms with E-state index in [2.05, 4.69) is 0 Å². The molecule has 0 unspecified atom stereocenters. The Kier molecular flexibility index (Phi) is 4.51. The van der Waals surface area contributed by atoms with E-state index in [9.17, 15) is 9.59 Å². The van der Waals surface area contributed by atoms with Gasteiger partial charge in [0, 0.05) is 17.5 Å². The highest BCUT2D eigenvalue weighted by molar-refractivity contribution is 6.30. The Labute approximate surface area is 149 Å². The number of carbonyl (C=O) groups excluding carboxylic acids is 2. The fourth-order valence-electron chi connectivity index (χ4n) is 2.82. The molecule has 0 saturated carbocycles. The van der Waals surface area contributed by atoms with Crippen molar-refractivity contribution in [3.63, 3.8) is 0 Å². The Morgan fingerprint density at radius 3 is 2.36 bits per heavy atom. The normalized spacial score (nSPS) is 10.7. The van der Waals surface area contributed by atoms with Crippen molar-refractivity contribution in [2.75, 3.05) is 7.11 Å². The smallest absolute Gasteiger partial charge is 0.308 e. The number of rotatable bonds is 3. The van der Waals surface area contributed by atoms with Crippen molar-refractivity contribution in [1.82, 2.24) is 4.57 Å². The Balaban J connectivity index is 2.28. The molecule has 0 spiro atoms. The molecule has 6 heteroatoms. The molecule has 1 heterocycles. The van der Waals surface area contributed by atoms with Crippen molar-refractivity contribution in [2.24, 2.45) is 0 Å². The van der Waals surface area contributed by atoms with Crippen molar-refractivity contribution >= 4 is 34.4 Å². The fraction of sp³-hybridized carbons (Fsp3) is 0.158. The van der Waals surface area contributed by atoms with E-state index < -0.39 is 5.97 Å². The molecule has 25 heavy (non-hydrogen) atoms. The molecule has 128 valence electrons. The van der Waals surface area contributed by atoms with Crippen LogP contribution in [0.1, 0.15) is 23.0 Å². The lowest BCUT2D eigenvalue weighted by molar-refractivity contribution is -0.131. The number of methoxy groups -OCH3 is 1. The van der Waals surface area contributed by atoms with Crippen LogP contribution in [0.3, 0.4) is 0 Å². The van der Waals surface area contributed by atoms with Crippen LogP contribution in [0, 0.1) is 6.92 Å². The van der Waals surface area contributed by atoms with E-state index in [0.29, 0.717) is 38.7 Å². The van der Waals surface area contributed by atoms with E-state index in [1.54, 1.807) is 49.4 Å². The van der Waals surface area contributed by atoms with E-state index in [-0.39, 0.29) is 5.91 Å². The summed E-state index contributed by atoms with van der Waals surface area (Å²) in [5, 5.41) is 1.13. The molecular formula is C19H16ClNO4. The van der Waals surface area contributed by atoms with Crippen LogP contribution in [0.15, 0.2) is 42.5 Å². The molecule has 0 atom stereocenters. The van der Waals surface area contributed by atoms with Gasteiger partial charge >= 0.3 is 5.97 Å². The third-order valence-corrected chi connectivity index (χ3v) is 4.15. The molecule has 5 nitrogen and oxygen atoms in total. The minimum Gasteiger partial charge on any atom is -0.496 e. The summed E-state index contributed by atoms with van der Waals surface area (Å²) in [6.07, 6.45) is 0. The predicted octanol–water partition coefficient (Wildman–Crippen LogP) is 4.23. The summed E-state index contributed by atoms with van der Waals surface area (Å²) in [7, 11) is 1.53. The number of benzene rings is 2. The Hall–Kier alpha value is -2.79. The van der Waals surface area contributed by atoms with Crippen LogP contribution in [0.5, 0.6) is 11.5 Å². The van der Waals surface area contributed by atoms with Crippen molar-refractivity contribution in [2.45, 2.75) is 13.8 Å². The summed E-state index contributed by atoms with van der Waals surface area (Å²) >= 11 is 5.90. The Morgan fingerprint density at radius 2 is 1.76 bits per heavy atom. The number of fused-ring (bicyclic) bond motifs is 1. The molecule has 0 N–H and O–H groups in total. The van der Waals surface area contributed by atoms with Crippen LogP contribution in [-0.2, 0) is 4.79 Å². The Bertz CT molecular complexity index is 973. The summed E-state index contributed by atoms with van der Waals surface area (Å²) in [6.45, 7) is 3.05. The van der Waals surface area contributed by atoms with Gasteiger partial charge in [0.25, 0.3) is 5.91 Å². The first kappa shape index (κ1) is 17.0. The molecule has 0 bridgehead atoms. The van der Waals surface area contributed by atoms with Gasteiger partial charge < -0.3 is 9.47 Å². The quantitative estimate of drug-likeness (QED) is 0.658. The molecule has 3 rings (SSSR count). The lowest BCUT2D eigenvalue weighted by Gasteiger charge is -2.07. The van der Waals surface area contributed by atoms with Crippen molar-refractivity contribution in [3.8, 4) is 11.5 Å². The summed E-state index contributed by atoms with van der Waals surface area (Å²) in [5.41, 5.74) is 1.60. The summed E-state index contributed by atoms with van der Waals surface area (Å²) in [4.78, 5) is 24.6. The molecule has 0 aliphatic rings. The second kappa shape index (κ2) is 6.61. The standard InChI is InChI=1S/C19H16ClNO4/c1-11-18(25-12(2)22)17-15(5-4-6-16(17)24-3)21(11)19(23)13-7-9-14(20)10-8-13/h4-10H,1-3H3. The molecule has 1 aromatic heterocycles. The van der Waals surface area contributed by atoms with Gasteiger partial charge in [-0.05, 0) is 43.3 Å². The maximum atomic E-state index is 13.0. The highest BCUT2D eigenvalue weighted by Gasteiger charge is 2.24. The van der Waals surface area contributed by atoms with Crippen LogP contribution in [0.2, 0.25) is 5.02 Å². The third kappa shape index (κ3) is 2.98. The van der Waals surface area contributed by atoms with E-state index in [0.717, 1.165) is 0 Å². The first-order valence-corrected chi connectivity index (χ1v) is 7.98. The highest BCUT2D eigenvalue weighted by atomic mass is 35.5. The third-order valence-electron chi connectivity index (χ3n) is 3.90. The van der Waals surface area contributed by atoms with E-state index in [1.807, 2.05) is 0 Å². The maximum absolute atomic E-state index is 13.0. The van der Waals surface area contributed by atoms with Crippen LogP contribution in [-0.4, -0.2) is 23.6 Å². The van der Waals surface area contributed by atoms with Gasteiger partial charge in [-0.2, -0.15) is 0 Å². The van der Waals surface area contributed by atoms with Crippen molar-refractivity contribution < 1.29 is 19.1 Å². The number of nitrogens with zero attached hydrogens (tertiary/aromatic N) is 1. The first-order chi connectivity index (χ1) is 11.9. The maximum Gasteiger partial charge on any atom is 0.308 e. The summed E-state index contributed by atoms with van der Waals surface area (Å²) in [6, 6.07) is 11.9. The van der Waals surface area contributed by atoms with Crippen LogP contribution in [0.4, 0.5) is 0 Å². The molecule has 0 amide bonds. The lowest BCUT2D eigenvalue weighted by Crippen LogP contribution is -2.13. The van der Waals surface area contributed by atoms with Crippen LogP contribution >= 0.6 is 11.6 Å². The van der Waals surface area contributed by atoms with Gasteiger partial charge in [-0.1, -0.05) is 17.7 Å². The SMILES string of the molecule is COc1cccc2c1c(OC(C)=O)c(C)n2C(=O)c1ccc(Cl)cc1. The summed E-state index contributed by atoms with van der Waals surface area (Å²) in [5.74, 6) is 0.139. The van der Waals surface area contributed by atoms with E-state index >= 15 is 0 Å². The monoisotopic (exact) mass is 357 g/mol. The van der Waals surface area contributed by atoms with Crippen LogP contribution < -0.4 is 9.47 Å². The molecule has 2 aromatic carbocycles. The van der Waals surface area contributed by atoms with Gasteiger partial charge in [-0.3, -0.25) is 14.2 Å². The minimum atomic E-state index is -0.466. The molecule has 0 aliphatic carbocycles. The molecule has 0 radical (unpaired) electrons. The first-order valence-electron chi connectivity index (χ1n) is 7.60. The Morgan fingerprint density at radius 1 is 1.08 bits per heavy atom. The molecular weight excluding hydrogens is 342 g/mol. The zero-order valence-electron chi connectivity index (χ0n) is 14.0. The second-order valence-corrected chi connectivity index (χ2v) is 5.95. The van der Waals surface area contributed by atoms with Gasteiger partial charge in [-0.15, -0.1) is 0 Å². The van der Waals surface area contributed by atoms with E-state index in [4.69, 9.17) is 21.1 Å². The number of carbonyl (C=O) groups is 2. The second-order valence-electron chi connectivity index (χ2n) is 5.51. The fourth-order valence-corrected chi connectivity index (χ4v) is 2.95. The van der Waals surface area contributed by atoms with Gasteiger partial charge in [-0.25, -0.2) is 0 Å². The topological polar surface area (TPSA) is 57.5 Å². The number of hydrogen-bond acceptors (Lipinski definition) is 4. The average molecular weight is 358 g/mol. The predicted molar refractivity (Wildman–Crippen MR) is 95.7 cm³/mol. The van der Waals surface area contributed by atoms with Gasteiger partial charge in [0.15, 0.2) is 5.75 Å².